The van der Waals surface area contributed by atoms with Gasteiger partial charge in [-0.15, -0.1) is 0 Å². The summed E-state index contributed by atoms with van der Waals surface area (Å²) in [6, 6.07) is 5.61. The van der Waals surface area contributed by atoms with Gasteiger partial charge in [0.1, 0.15) is 22.9 Å². The molecule has 0 radical (unpaired) electrons. The van der Waals surface area contributed by atoms with Crippen LogP contribution in [0.2, 0.25) is 0 Å². The standard InChI is InChI=1S/C22H29F3N6O/c1-14-13-31(10-9-30(14)8-7-22(23,24)25)19(27)12-17(26)20-16-11-15(32-21(2)5-6-21)3-4-18(16)28-29-20/h3-4,11-12,14,27H,5-10,13,26H2,1-2H3,(H,28,29)/b17-12-,27-19?/t14-/m1/s1. The third-order valence-electron chi connectivity index (χ3n) is 6.21. The van der Waals surface area contributed by atoms with E-state index in [-0.39, 0.29) is 24.0 Å². The number of hydrogen-bond donors (Lipinski definition) is 3. The number of piperazine rings is 1. The van der Waals surface area contributed by atoms with Crippen LogP contribution < -0.4 is 10.5 Å². The topological polar surface area (TPSA) is 94.3 Å². The fourth-order valence-electron chi connectivity index (χ4n) is 3.96. The third-order valence-corrected chi connectivity index (χ3v) is 6.21. The van der Waals surface area contributed by atoms with Crippen LogP contribution in [-0.4, -0.2) is 69.8 Å². The Balaban J connectivity index is 1.43. The van der Waals surface area contributed by atoms with Crippen molar-refractivity contribution in [2.24, 2.45) is 5.73 Å². The van der Waals surface area contributed by atoms with Gasteiger partial charge in [-0.05, 0) is 44.9 Å². The molecule has 10 heteroatoms. The molecule has 1 aromatic carbocycles. The van der Waals surface area contributed by atoms with Crippen LogP contribution in [0.3, 0.4) is 0 Å². The highest BCUT2D eigenvalue weighted by Gasteiger charge is 2.40. The highest BCUT2D eigenvalue weighted by Crippen LogP contribution is 2.40. The predicted molar refractivity (Wildman–Crippen MR) is 118 cm³/mol. The second kappa shape index (κ2) is 8.31. The maximum Gasteiger partial charge on any atom is 0.390 e. The third kappa shape index (κ3) is 5.17. The Morgan fingerprint density at radius 3 is 2.78 bits per heavy atom. The van der Waals surface area contributed by atoms with E-state index in [0.717, 1.165) is 29.5 Å². The van der Waals surface area contributed by atoms with Crippen molar-refractivity contribution in [3.8, 4) is 5.75 Å². The largest absolute Gasteiger partial charge is 0.488 e. The Labute approximate surface area is 184 Å². The van der Waals surface area contributed by atoms with Crippen LogP contribution in [0.25, 0.3) is 16.6 Å². The number of nitrogens with two attached hydrogens (primary N) is 1. The lowest BCUT2D eigenvalue weighted by Crippen LogP contribution is -2.53. The second-order valence-electron chi connectivity index (χ2n) is 9.01. The van der Waals surface area contributed by atoms with E-state index in [0.29, 0.717) is 31.0 Å². The first-order valence-corrected chi connectivity index (χ1v) is 10.8. The number of nitrogens with one attached hydrogen (secondary N) is 2. The van der Waals surface area contributed by atoms with Crippen LogP contribution >= 0.6 is 0 Å². The number of amidine groups is 1. The van der Waals surface area contributed by atoms with Crippen LogP contribution in [0.4, 0.5) is 13.2 Å². The molecule has 0 amide bonds. The van der Waals surface area contributed by atoms with Crippen molar-refractivity contribution in [3.05, 3.63) is 30.0 Å². The number of fused-ring (bicyclic) bond motifs is 1. The molecule has 0 bridgehead atoms. The lowest BCUT2D eigenvalue weighted by Gasteiger charge is -2.40. The molecule has 4 N–H and O–H groups in total. The molecule has 1 aliphatic heterocycles. The van der Waals surface area contributed by atoms with Crippen molar-refractivity contribution in [2.45, 2.75) is 50.9 Å². The van der Waals surface area contributed by atoms with Crippen LogP contribution in [0, 0.1) is 5.41 Å². The van der Waals surface area contributed by atoms with E-state index >= 15 is 0 Å². The summed E-state index contributed by atoms with van der Waals surface area (Å²) in [5.74, 6) is 0.977. The van der Waals surface area contributed by atoms with Gasteiger partial charge in [0, 0.05) is 43.7 Å². The van der Waals surface area contributed by atoms with E-state index in [1.807, 2.05) is 34.9 Å². The molecule has 2 fully saturated rings. The average molecular weight is 451 g/mol. The van der Waals surface area contributed by atoms with Crippen molar-refractivity contribution in [2.75, 3.05) is 26.2 Å². The molecule has 1 aliphatic carbocycles. The van der Waals surface area contributed by atoms with E-state index < -0.39 is 12.6 Å². The fourth-order valence-corrected chi connectivity index (χ4v) is 3.96. The number of halogens is 3. The van der Waals surface area contributed by atoms with Crippen LogP contribution in [-0.2, 0) is 0 Å². The van der Waals surface area contributed by atoms with E-state index in [1.54, 1.807) is 6.08 Å². The molecule has 1 atom stereocenters. The molecule has 1 saturated heterocycles. The van der Waals surface area contributed by atoms with Gasteiger partial charge in [0.25, 0.3) is 0 Å². The number of rotatable bonds is 6. The molecule has 7 nitrogen and oxygen atoms in total. The van der Waals surface area contributed by atoms with Gasteiger partial charge in [-0.3, -0.25) is 15.4 Å². The number of aromatic amines is 1. The molecule has 4 rings (SSSR count). The summed E-state index contributed by atoms with van der Waals surface area (Å²) >= 11 is 0. The molecule has 0 unspecified atom stereocenters. The quantitative estimate of drug-likeness (QED) is 0.461. The molecule has 1 aromatic heterocycles. The molecule has 0 spiro atoms. The zero-order chi connectivity index (χ0) is 23.1. The van der Waals surface area contributed by atoms with Gasteiger partial charge in [-0.25, -0.2) is 0 Å². The first-order valence-electron chi connectivity index (χ1n) is 10.8. The average Bonchev–Trinajstić information content (AvgIpc) is 3.28. The first-order chi connectivity index (χ1) is 15.0. The number of aromatic nitrogens is 2. The monoisotopic (exact) mass is 450 g/mol. The summed E-state index contributed by atoms with van der Waals surface area (Å²) in [5.41, 5.74) is 7.92. The number of benzene rings is 1. The highest BCUT2D eigenvalue weighted by molar-refractivity contribution is 6.00. The van der Waals surface area contributed by atoms with Gasteiger partial charge >= 0.3 is 6.18 Å². The summed E-state index contributed by atoms with van der Waals surface area (Å²) in [4.78, 5) is 3.65. The summed E-state index contributed by atoms with van der Waals surface area (Å²) in [5, 5.41) is 16.6. The number of nitrogens with zero attached hydrogens (tertiary/aromatic N) is 3. The Morgan fingerprint density at radius 1 is 1.38 bits per heavy atom. The van der Waals surface area contributed by atoms with Gasteiger partial charge in [0.15, 0.2) is 0 Å². The van der Waals surface area contributed by atoms with Crippen molar-refractivity contribution in [1.29, 1.82) is 5.41 Å². The fraction of sp³-hybridized carbons (Fsp3) is 0.545. The minimum Gasteiger partial charge on any atom is -0.488 e. The molecule has 174 valence electrons. The SMILES string of the molecule is C[C@@H]1CN(C(=N)/C=C(\N)c2n[nH]c3ccc(OC4(C)CC4)cc23)CCN1CCC(F)(F)F. The Kier molecular flexibility index (Phi) is 5.83. The lowest BCUT2D eigenvalue weighted by molar-refractivity contribution is -0.139. The molecule has 32 heavy (non-hydrogen) atoms. The van der Waals surface area contributed by atoms with E-state index in [4.69, 9.17) is 15.9 Å². The summed E-state index contributed by atoms with van der Waals surface area (Å²) in [6.07, 6.45) is -1.36. The number of H-pyrrole nitrogens is 1. The zero-order valence-electron chi connectivity index (χ0n) is 18.3. The van der Waals surface area contributed by atoms with Crippen molar-refractivity contribution in [1.82, 2.24) is 20.0 Å². The number of alkyl halides is 3. The smallest absolute Gasteiger partial charge is 0.390 e. The summed E-state index contributed by atoms with van der Waals surface area (Å²) in [7, 11) is 0. The van der Waals surface area contributed by atoms with E-state index in [2.05, 4.69) is 17.1 Å². The van der Waals surface area contributed by atoms with Crippen LogP contribution in [0.1, 0.15) is 38.8 Å². The highest BCUT2D eigenvalue weighted by atomic mass is 19.4. The molecular weight excluding hydrogens is 421 g/mol. The summed E-state index contributed by atoms with van der Waals surface area (Å²) in [6.45, 7) is 5.35. The van der Waals surface area contributed by atoms with Crippen molar-refractivity contribution < 1.29 is 17.9 Å². The maximum absolute atomic E-state index is 12.5. The molecular formula is C22H29F3N6O. The van der Waals surface area contributed by atoms with Crippen molar-refractivity contribution in [3.63, 3.8) is 0 Å². The Morgan fingerprint density at radius 2 is 2.12 bits per heavy atom. The van der Waals surface area contributed by atoms with Crippen LogP contribution in [0.15, 0.2) is 24.3 Å². The first kappa shape index (κ1) is 22.4. The van der Waals surface area contributed by atoms with Crippen LogP contribution in [0.5, 0.6) is 5.75 Å². The normalized spacial score (nSPS) is 21.7. The van der Waals surface area contributed by atoms with Gasteiger partial charge in [-0.2, -0.15) is 18.3 Å². The minimum atomic E-state index is -4.16. The van der Waals surface area contributed by atoms with Gasteiger partial charge in [-0.1, -0.05) is 0 Å². The lowest BCUT2D eigenvalue weighted by atomic mass is 10.1. The number of hydrogen-bond acceptors (Lipinski definition) is 5. The second-order valence-corrected chi connectivity index (χ2v) is 9.01. The van der Waals surface area contributed by atoms with E-state index in [1.165, 1.54) is 0 Å². The molecule has 2 heterocycles. The maximum atomic E-state index is 12.5. The zero-order valence-corrected chi connectivity index (χ0v) is 18.3. The minimum absolute atomic E-state index is 0.0213. The van der Waals surface area contributed by atoms with Crippen molar-refractivity contribution >= 4 is 22.4 Å². The van der Waals surface area contributed by atoms with Gasteiger partial charge in [0.2, 0.25) is 0 Å². The molecule has 1 saturated carbocycles. The Hall–Kier alpha value is -2.75. The molecule has 2 aromatic rings. The number of ether oxygens (including phenoxy) is 1. The van der Waals surface area contributed by atoms with Gasteiger partial charge in [0.05, 0.1) is 17.6 Å². The molecule has 2 aliphatic rings. The predicted octanol–water partition coefficient (Wildman–Crippen LogP) is 3.73. The van der Waals surface area contributed by atoms with Gasteiger partial charge < -0.3 is 15.4 Å². The summed E-state index contributed by atoms with van der Waals surface area (Å²) < 4.78 is 43.6. The Bertz CT molecular complexity index is 1030. The van der Waals surface area contributed by atoms with E-state index in [9.17, 15) is 13.2 Å².